The van der Waals surface area contributed by atoms with Crippen molar-refractivity contribution in [2.45, 2.75) is 20.8 Å². The van der Waals surface area contributed by atoms with Gasteiger partial charge < -0.3 is 0 Å². The number of sulfone groups is 1. The topological polar surface area (TPSA) is 34.1 Å². The van der Waals surface area contributed by atoms with E-state index >= 15 is 0 Å². The standard InChI is InChI=1S/C8H12O2S.C2H6/c1-5-6-8(7(2)3)11(4,9)10;1-2/h5-6H,1-2H2,3-4H3;1-2H3/b8-6+;. The van der Waals surface area contributed by atoms with Crippen molar-refractivity contribution in [2.24, 2.45) is 0 Å². The zero-order valence-corrected chi connectivity index (χ0v) is 9.61. The van der Waals surface area contributed by atoms with Crippen molar-refractivity contribution < 1.29 is 8.42 Å². The molecular formula is C10H18O2S. The summed E-state index contributed by atoms with van der Waals surface area (Å²) in [5.41, 5.74) is 0.535. The molecule has 0 aliphatic heterocycles. The van der Waals surface area contributed by atoms with Crippen molar-refractivity contribution in [2.75, 3.05) is 6.26 Å². The largest absolute Gasteiger partial charge is 0.224 e. The fraction of sp³-hybridized carbons (Fsp3) is 0.400. The zero-order chi connectivity index (χ0) is 11.1. The van der Waals surface area contributed by atoms with Gasteiger partial charge >= 0.3 is 0 Å². The normalized spacial score (nSPS) is 11.2. The molecule has 0 rings (SSSR count). The van der Waals surface area contributed by atoms with Gasteiger partial charge in [-0.25, -0.2) is 8.42 Å². The summed E-state index contributed by atoms with van der Waals surface area (Å²) in [5.74, 6) is 0. The highest BCUT2D eigenvalue weighted by Crippen LogP contribution is 2.13. The number of allylic oxidation sites excluding steroid dienone is 3. The quantitative estimate of drug-likeness (QED) is 0.659. The predicted molar refractivity (Wildman–Crippen MR) is 59.3 cm³/mol. The Morgan fingerprint density at radius 3 is 1.77 bits per heavy atom. The fourth-order valence-electron chi connectivity index (χ4n) is 0.689. The molecule has 0 aromatic rings. The van der Waals surface area contributed by atoms with E-state index in [9.17, 15) is 8.42 Å². The Morgan fingerprint density at radius 2 is 1.69 bits per heavy atom. The minimum absolute atomic E-state index is 0.243. The molecule has 0 bridgehead atoms. The summed E-state index contributed by atoms with van der Waals surface area (Å²) in [6.07, 6.45) is 4.03. The maximum atomic E-state index is 11.0. The van der Waals surface area contributed by atoms with Crippen molar-refractivity contribution in [3.05, 3.63) is 35.8 Å². The predicted octanol–water partition coefficient (Wildman–Crippen LogP) is 2.70. The van der Waals surface area contributed by atoms with Gasteiger partial charge in [0.15, 0.2) is 9.84 Å². The highest BCUT2D eigenvalue weighted by molar-refractivity contribution is 7.94. The van der Waals surface area contributed by atoms with E-state index < -0.39 is 9.84 Å². The molecule has 13 heavy (non-hydrogen) atoms. The smallest absolute Gasteiger partial charge is 0.175 e. The Bertz CT molecular complexity index is 295. The molecule has 0 N–H and O–H groups in total. The first-order chi connectivity index (χ1) is 5.89. The summed E-state index contributed by atoms with van der Waals surface area (Å²) in [4.78, 5) is 0.243. The Kier molecular flexibility index (Phi) is 7.52. The third-order valence-electron chi connectivity index (χ3n) is 1.09. The van der Waals surface area contributed by atoms with Gasteiger partial charge in [-0.15, -0.1) is 0 Å². The van der Waals surface area contributed by atoms with E-state index in [1.807, 2.05) is 13.8 Å². The first kappa shape index (κ1) is 14.7. The van der Waals surface area contributed by atoms with Gasteiger partial charge in [-0.1, -0.05) is 33.1 Å². The van der Waals surface area contributed by atoms with E-state index in [1.54, 1.807) is 6.92 Å². The molecule has 0 aliphatic rings. The van der Waals surface area contributed by atoms with Crippen LogP contribution >= 0.6 is 0 Å². The summed E-state index contributed by atoms with van der Waals surface area (Å²) in [7, 11) is -3.14. The maximum absolute atomic E-state index is 11.0. The third kappa shape index (κ3) is 6.34. The van der Waals surface area contributed by atoms with Crippen LogP contribution in [0.1, 0.15) is 20.8 Å². The molecule has 0 aromatic carbocycles. The van der Waals surface area contributed by atoms with Crippen LogP contribution in [0.25, 0.3) is 0 Å². The van der Waals surface area contributed by atoms with Crippen molar-refractivity contribution in [1.82, 2.24) is 0 Å². The lowest BCUT2D eigenvalue weighted by Crippen LogP contribution is -2.00. The van der Waals surface area contributed by atoms with E-state index in [1.165, 1.54) is 12.2 Å². The van der Waals surface area contributed by atoms with Crippen LogP contribution in [0, 0.1) is 0 Å². The minimum Gasteiger partial charge on any atom is -0.224 e. The summed E-state index contributed by atoms with van der Waals surface area (Å²) in [6, 6.07) is 0. The molecule has 0 heterocycles. The molecule has 2 nitrogen and oxygen atoms in total. The van der Waals surface area contributed by atoms with E-state index in [0.29, 0.717) is 5.57 Å². The highest BCUT2D eigenvalue weighted by Gasteiger charge is 2.09. The van der Waals surface area contributed by atoms with Crippen LogP contribution in [-0.4, -0.2) is 14.7 Å². The molecule has 3 heteroatoms. The lowest BCUT2D eigenvalue weighted by atomic mass is 10.3. The molecule has 0 saturated heterocycles. The van der Waals surface area contributed by atoms with Crippen LogP contribution in [0.5, 0.6) is 0 Å². The summed E-state index contributed by atoms with van der Waals surface area (Å²) >= 11 is 0. The first-order valence-electron chi connectivity index (χ1n) is 4.08. The van der Waals surface area contributed by atoms with Gasteiger partial charge in [-0.3, -0.25) is 0 Å². The molecule has 0 atom stereocenters. The minimum atomic E-state index is -3.14. The Labute approximate surface area is 81.6 Å². The monoisotopic (exact) mass is 202 g/mol. The molecule has 0 radical (unpaired) electrons. The Hall–Kier alpha value is -0.830. The fourth-order valence-corrected chi connectivity index (χ4v) is 1.67. The molecule has 0 aromatic heterocycles. The second-order valence-corrected chi connectivity index (χ2v) is 4.30. The second-order valence-electron chi connectivity index (χ2n) is 2.32. The van der Waals surface area contributed by atoms with Gasteiger partial charge in [-0.05, 0) is 18.6 Å². The van der Waals surface area contributed by atoms with Crippen LogP contribution in [0.15, 0.2) is 35.8 Å². The van der Waals surface area contributed by atoms with Crippen molar-refractivity contribution >= 4 is 9.84 Å². The number of rotatable bonds is 3. The van der Waals surface area contributed by atoms with Crippen molar-refractivity contribution in [1.29, 1.82) is 0 Å². The van der Waals surface area contributed by atoms with Crippen LogP contribution in [0.2, 0.25) is 0 Å². The Balaban J connectivity index is 0. The lowest BCUT2D eigenvalue weighted by Gasteiger charge is -2.01. The average molecular weight is 202 g/mol. The van der Waals surface area contributed by atoms with Crippen LogP contribution in [-0.2, 0) is 9.84 Å². The van der Waals surface area contributed by atoms with Gasteiger partial charge in [0, 0.05) is 6.26 Å². The van der Waals surface area contributed by atoms with Gasteiger partial charge in [0.25, 0.3) is 0 Å². The zero-order valence-electron chi connectivity index (χ0n) is 8.79. The highest BCUT2D eigenvalue weighted by atomic mass is 32.2. The molecule has 0 fully saturated rings. The van der Waals surface area contributed by atoms with Crippen LogP contribution in [0.4, 0.5) is 0 Å². The molecule has 0 amide bonds. The molecule has 0 aliphatic carbocycles. The van der Waals surface area contributed by atoms with Gasteiger partial charge in [-0.2, -0.15) is 0 Å². The molecule has 0 unspecified atom stereocenters. The van der Waals surface area contributed by atoms with E-state index in [4.69, 9.17) is 0 Å². The van der Waals surface area contributed by atoms with Crippen LogP contribution < -0.4 is 0 Å². The Morgan fingerprint density at radius 1 is 1.31 bits per heavy atom. The summed E-state index contributed by atoms with van der Waals surface area (Å²) < 4.78 is 22.0. The molecular weight excluding hydrogens is 184 g/mol. The maximum Gasteiger partial charge on any atom is 0.175 e. The summed E-state index contributed by atoms with van der Waals surface area (Å²) in [6.45, 7) is 12.6. The lowest BCUT2D eigenvalue weighted by molar-refractivity contribution is 0.608. The molecule has 0 saturated carbocycles. The van der Waals surface area contributed by atoms with E-state index in [2.05, 4.69) is 13.2 Å². The number of hydrogen-bond acceptors (Lipinski definition) is 2. The molecule has 0 spiro atoms. The third-order valence-corrected chi connectivity index (χ3v) is 2.37. The van der Waals surface area contributed by atoms with Gasteiger partial charge in [0.05, 0.1) is 4.91 Å². The first-order valence-corrected chi connectivity index (χ1v) is 5.97. The van der Waals surface area contributed by atoms with Crippen molar-refractivity contribution in [3.63, 3.8) is 0 Å². The van der Waals surface area contributed by atoms with E-state index in [-0.39, 0.29) is 4.91 Å². The van der Waals surface area contributed by atoms with Crippen LogP contribution in [0.3, 0.4) is 0 Å². The average Bonchev–Trinajstić information content (AvgIpc) is 2.01. The summed E-state index contributed by atoms with van der Waals surface area (Å²) in [5, 5.41) is 0. The SMILES string of the molecule is C=C/C=C(\C(=C)C)S(C)(=O)=O.CC. The van der Waals surface area contributed by atoms with E-state index in [0.717, 1.165) is 6.26 Å². The number of hydrogen-bond donors (Lipinski definition) is 0. The second kappa shape index (κ2) is 6.66. The van der Waals surface area contributed by atoms with Gasteiger partial charge in [0.1, 0.15) is 0 Å². The molecule has 76 valence electrons. The van der Waals surface area contributed by atoms with Crippen molar-refractivity contribution in [3.8, 4) is 0 Å². The van der Waals surface area contributed by atoms with Gasteiger partial charge in [0.2, 0.25) is 0 Å².